The molecule has 1 aliphatic rings. The molecule has 1 N–H and O–H groups in total. The van der Waals surface area contributed by atoms with E-state index < -0.39 is 12.1 Å². The summed E-state index contributed by atoms with van der Waals surface area (Å²) in [6.07, 6.45) is -1.74. The quantitative estimate of drug-likeness (QED) is 0.826. The molecule has 0 amide bonds. The van der Waals surface area contributed by atoms with Crippen LogP contribution in [0.1, 0.15) is 26.2 Å². The van der Waals surface area contributed by atoms with E-state index in [9.17, 15) is 13.2 Å². The standard InChI is InChI=1S/C12H20F3N3/c1-2-6-18(11-4-3-5-17-8-11)9-10(7-16)12(13,14)15/h10-11,17H,2-6,8-9H2,1H3. The monoisotopic (exact) mass is 263 g/mol. The lowest BCUT2D eigenvalue weighted by Crippen LogP contribution is -2.49. The van der Waals surface area contributed by atoms with Gasteiger partial charge in [-0.1, -0.05) is 6.92 Å². The van der Waals surface area contributed by atoms with E-state index in [1.807, 2.05) is 11.8 Å². The van der Waals surface area contributed by atoms with Gasteiger partial charge in [0.2, 0.25) is 0 Å². The van der Waals surface area contributed by atoms with Gasteiger partial charge in [0, 0.05) is 19.1 Å². The number of hydrogen-bond donors (Lipinski definition) is 1. The molecule has 3 nitrogen and oxygen atoms in total. The third kappa shape index (κ3) is 4.46. The van der Waals surface area contributed by atoms with Gasteiger partial charge in [-0.25, -0.2) is 0 Å². The van der Waals surface area contributed by atoms with Gasteiger partial charge in [-0.05, 0) is 32.4 Å². The minimum absolute atomic E-state index is 0.122. The van der Waals surface area contributed by atoms with Crippen molar-refractivity contribution in [3.05, 3.63) is 0 Å². The first-order valence-corrected chi connectivity index (χ1v) is 6.40. The number of alkyl halides is 3. The molecule has 0 saturated carbocycles. The van der Waals surface area contributed by atoms with Gasteiger partial charge in [-0.3, -0.25) is 4.90 Å². The Balaban J connectivity index is 2.63. The summed E-state index contributed by atoms with van der Waals surface area (Å²) in [7, 11) is 0. The van der Waals surface area contributed by atoms with Crippen LogP contribution in [0, 0.1) is 17.2 Å². The smallest absolute Gasteiger partial charge is 0.315 e. The van der Waals surface area contributed by atoms with Gasteiger partial charge in [0.15, 0.2) is 5.92 Å². The molecule has 2 atom stereocenters. The van der Waals surface area contributed by atoms with E-state index in [1.165, 1.54) is 6.07 Å². The molecule has 1 fully saturated rings. The lowest BCUT2D eigenvalue weighted by Gasteiger charge is -2.35. The number of nitrogens with one attached hydrogen (secondary N) is 1. The van der Waals surface area contributed by atoms with Gasteiger partial charge in [-0.2, -0.15) is 18.4 Å². The molecule has 0 bridgehead atoms. The molecule has 1 saturated heterocycles. The first-order valence-electron chi connectivity index (χ1n) is 6.40. The Bertz CT molecular complexity index is 279. The summed E-state index contributed by atoms with van der Waals surface area (Å²) in [5.74, 6) is -1.88. The van der Waals surface area contributed by atoms with Crippen molar-refractivity contribution >= 4 is 0 Å². The van der Waals surface area contributed by atoms with Crippen LogP contribution < -0.4 is 5.32 Å². The summed E-state index contributed by atoms with van der Waals surface area (Å²) in [6.45, 7) is 3.99. The van der Waals surface area contributed by atoms with E-state index in [1.54, 1.807) is 0 Å². The topological polar surface area (TPSA) is 39.1 Å². The van der Waals surface area contributed by atoms with Gasteiger partial charge in [0.1, 0.15) is 0 Å². The number of nitriles is 1. The summed E-state index contributed by atoms with van der Waals surface area (Å²) in [6, 6.07) is 1.51. The second-order valence-electron chi connectivity index (χ2n) is 4.72. The molecule has 1 aliphatic heterocycles. The third-order valence-electron chi connectivity index (χ3n) is 3.27. The van der Waals surface area contributed by atoms with Crippen LogP contribution >= 0.6 is 0 Å². The Kier molecular flexibility index (Phi) is 5.89. The molecular formula is C12H20F3N3. The molecule has 1 heterocycles. The first-order chi connectivity index (χ1) is 8.49. The second-order valence-corrected chi connectivity index (χ2v) is 4.72. The highest BCUT2D eigenvalue weighted by molar-refractivity contribution is 4.92. The van der Waals surface area contributed by atoms with Crippen LogP contribution in [0.15, 0.2) is 0 Å². The zero-order chi connectivity index (χ0) is 13.6. The summed E-state index contributed by atoms with van der Waals surface area (Å²) >= 11 is 0. The Morgan fingerprint density at radius 3 is 2.67 bits per heavy atom. The molecule has 1 rings (SSSR count). The van der Waals surface area contributed by atoms with Crippen LogP contribution in [0.2, 0.25) is 0 Å². The zero-order valence-corrected chi connectivity index (χ0v) is 10.6. The van der Waals surface area contributed by atoms with Crippen LogP contribution in [0.5, 0.6) is 0 Å². The number of halogens is 3. The normalized spacial score (nSPS) is 22.8. The lowest BCUT2D eigenvalue weighted by atomic mass is 10.0. The molecule has 0 aliphatic carbocycles. The molecule has 0 aromatic carbocycles. The predicted octanol–water partition coefficient (Wildman–Crippen LogP) is 2.15. The molecule has 104 valence electrons. The maximum Gasteiger partial charge on any atom is 0.405 e. The number of hydrogen-bond acceptors (Lipinski definition) is 3. The molecule has 6 heteroatoms. The maximum absolute atomic E-state index is 12.6. The van der Waals surface area contributed by atoms with Crippen LogP contribution in [0.3, 0.4) is 0 Å². The fourth-order valence-corrected chi connectivity index (χ4v) is 2.31. The minimum Gasteiger partial charge on any atom is -0.315 e. The van der Waals surface area contributed by atoms with Gasteiger partial charge in [-0.15, -0.1) is 0 Å². The highest BCUT2D eigenvalue weighted by Gasteiger charge is 2.41. The molecule has 2 unspecified atom stereocenters. The van der Waals surface area contributed by atoms with Crippen molar-refractivity contribution in [3.8, 4) is 6.07 Å². The molecule has 0 radical (unpaired) electrons. The van der Waals surface area contributed by atoms with Crippen molar-refractivity contribution in [1.29, 1.82) is 5.26 Å². The van der Waals surface area contributed by atoms with Crippen molar-refractivity contribution < 1.29 is 13.2 Å². The molecule has 0 spiro atoms. The van der Waals surface area contributed by atoms with Crippen molar-refractivity contribution in [3.63, 3.8) is 0 Å². The summed E-state index contributed by atoms with van der Waals surface area (Å²) in [5, 5.41) is 11.9. The van der Waals surface area contributed by atoms with E-state index in [-0.39, 0.29) is 12.6 Å². The minimum atomic E-state index is -4.43. The van der Waals surface area contributed by atoms with Gasteiger partial charge < -0.3 is 5.32 Å². The molecule has 18 heavy (non-hydrogen) atoms. The Morgan fingerprint density at radius 1 is 1.50 bits per heavy atom. The number of nitrogens with zero attached hydrogens (tertiary/aromatic N) is 2. The van der Waals surface area contributed by atoms with Gasteiger partial charge >= 0.3 is 6.18 Å². The summed E-state index contributed by atoms with van der Waals surface area (Å²) in [4.78, 5) is 1.81. The Morgan fingerprint density at radius 2 is 2.22 bits per heavy atom. The largest absolute Gasteiger partial charge is 0.405 e. The van der Waals surface area contributed by atoms with Crippen molar-refractivity contribution in [2.45, 2.75) is 38.4 Å². The summed E-state index contributed by atoms with van der Waals surface area (Å²) in [5.41, 5.74) is 0. The fourth-order valence-electron chi connectivity index (χ4n) is 2.31. The van der Waals surface area contributed by atoms with Crippen molar-refractivity contribution in [1.82, 2.24) is 10.2 Å². The fraction of sp³-hybridized carbons (Fsp3) is 0.917. The average molecular weight is 263 g/mol. The predicted molar refractivity (Wildman–Crippen MR) is 62.9 cm³/mol. The van der Waals surface area contributed by atoms with E-state index in [0.717, 1.165) is 32.4 Å². The highest BCUT2D eigenvalue weighted by Crippen LogP contribution is 2.27. The number of rotatable bonds is 5. The maximum atomic E-state index is 12.6. The molecular weight excluding hydrogens is 243 g/mol. The zero-order valence-electron chi connectivity index (χ0n) is 10.6. The average Bonchev–Trinajstić information content (AvgIpc) is 2.34. The van der Waals surface area contributed by atoms with E-state index >= 15 is 0 Å². The van der Waals surface area contributed by atoms with Crippen LogP contribution in [0.4, 0.5) is 13.2 Å². The SMILES string of the molecule is CCCN(CC(C#N)C(F)(F)F)C1CCCNC1. The van der Waals surface area contributed by atoms with Crippen molar-refractivity contribution in [2.24, 2.45) is 5.92 Å². The Labute approximate surface area is 106 Å². The van der Waals surface area contributed by atoms with Gasteiger partial charge in [0.25, 0.3) is 0 Å². The lowest BCUT2D eigenvalue weighted by molar-refractivity contribution is -0.164. The molecule has 0 aromatic heterocycles. The highest BCUT2D eigenvalue weighted by atomic mass is 19.4. The third-order valence-corrected chi connectivity index (χ3v) is 3.27. The first kappa shape index (κ1) is 15.3. The van der Waals surface area contributed by atoms with Crippen LogP contribution in [-0.2, 0) is 0 Å². The van der Waals surface area contributed by atoms with Gasteiger partial charge in [0.05, 0.1) is 6.07 Å². The van der Waals surface area contributed by atoms with E-state index in [2.05, 4.69) is 5.32 Å². The number of piperidine rings is 1. The molecule has 0 aromatic rings. The Hall–Kier alpha value is -0.800. The van der Waals surface area contributed by atoms with E-state index in [0.29, 0.717) is 6.54 Å². The second kappa shape index (κ2) is 6.95. The van der Waals surface area contributed by atoms with E-state index in [4.69, 9.17) is 5.26 Å². The summed E-state index contributed by atoms with van der Waals surface area (Å²) < 4.78 is 37.9. The van der Waals surface area contributed by atoms with Crippen LogP contribution in [-0.4, -0.2) is 43.3 Å². The van der Waals surface area contributed by atoms with Crippen LogP contribution in [0.25, 0.3) is 0 Å². The van der Waals surface area contributed by atoms with Crippen molar-refractivity contribution in [2.75, 3.05) is 26.2 Å².